The molecule has 24 heavy (non-hydrogen) atoms. The minimum absolute atomic E-state index is 0.0692. The van der Waals surface area contributed by atoms with Crippen LogP contribution >= 0.6 is 0 Å². The van der Waals surface area contributed by atoms with E-state index in [0.717, 1.165) is 17.5 Å². The van der Waals surface area contributed by atoms with Crippen LogP contribution in [0.25, 0.3) is 6.08 Å². The molecule has 0 aromatic heterocycles. The molecule has 1 aromatic rings. The number of carbonyl (C=O) groups is 1. The lowest BCUT2D eigenvalue weighted by atomic mass is 9.84. The van der Waals surface area contributed by atoms with E-state index in [1.165, 1.54) is 0 Å². The highest BCUT2D eigenvalue weighted by molar-refractivity contribution is 7.91. The van der Waals surface area contributed by atoms with Crippen molar-refractivity contribution in [2.24, 2.45) is 11.3 Å². The highest BCUT2D eigenvalue weighted by atomic mass is 32.2. The molecule has 1 N–H and O–H groups in total. The Hall–Kier alpha value is -1.82. The van der Waals surface area contributed by atoms with E-state index in [4.69, 9.17) is 0 Å². The monoisotopic (exact) mass is 348 g/mol. The van der Waals surface area contributed by atoms with E-state index in [9.17, 15) is 13.2 Å². The van der Waals surface area contributed by atoms with E-state index in [1.807, 2.05) is 31.2 Å². The highest BCUT2D eigenvalue weighted by Crippen LogP contribution is 2.43. The smallest absolute Gasteiger partial charge is 0.317 e. The van der Waals surface area contributed by atoms with E-state index >= 15 is 0 Å². The number of urea groups is 1. The average molecular weight is 348 g/mol. The van der Waals surface area contributed by atoms with E-state index in [-0.39, 0.29) is 28.9 Å². The first-order valence-corrected chi connectivity index (χ1v) is 10.1. The van der Waals surface area contributed by atoms with Gasteiger partial charge in [-0.05, 0) is 23.5 Å². The van der Waals surface area contributed by atoms with Crippen molar-refractivity contribution in [1.29, 1.82) is 0 Å². The molecule has 2 atom stereocenters. The van der Waals surface area contributed by atoms with Crippen molar-refractivity contribution in [1.82, 2.24) is 10.2 Å². The third-order valence-corrected chi connectivity index (χ3v) is 7.19. The summed E-state index contributed by atoms with van der Waals surface area (Å²) in [5, 5.41) is 2.95. The number of nitrogens with zero attached hydrogens (tertiary/aromatic N) is 1. The van der Waals surface area contributed by atoms with Gasteiger partial charge in [0.15, 0.2) is 9.84 Å². The largest absolute Gasteiger partial charge is 0.338 e. The summed E-state index contributed by atoms with van der Waals surface area (Å²) >= 11 is 0. The second-order valence-electron chi connectivity index (χ2n) is 7.21. The maximum atomic E-state index is 12.3. The maximum Gasteiger partial charge on any atom is 0.317 e. The molecule has 0 bridgehead atoms. The van der Waals surface area contributed by atoms with Crippen molar-refractivity contribution in [3.8, 4) is 0 Å². The Morgan fingerprint density at radius 3 is 2.75 bits per heavy atom. The first-order valence-electron chi connectivity index (χ1n) is 8.26. The molecule has 130 valence electrons. The van der Waals surface area contributed by atoms with Crippen LogP contribution in [0.5, 0.6) is 0 Å². The molecule has 0 unspecified atom stereocenters. The van der Waals surface area contributed by atoms with Gasteiger partial charge in [-0.3, -0.25) is 0 Å². The molecule has 5 nitrogen and oxygen atoms in total. The lowest BCUT2D eigenvalue weighted by Gasteiger charge is -2.22. The molecule has 2 aliphatic rings. The number of carbonyl (C=O) groups excluding carboxylic acids is 1. The number of rotatable bonds is 4. The summed E-state index contributed by atoms with van der Waals surface area (Å²) in [7, 11) is -2.94. The number of hydrogen-bond acceptors (Lipinski definition) is 3. The summed E-state index contributed by atoms with van der Waals surface area (Å²) < 4.78 is 23.6. The molecule has 0 aliphatic carbocycles. The van der Waals surface area contributed by atoms with Gasteiger partial charge < -0.3 is 10.2 Å². The molecular weight excluding hydrogens is 324 g/mol. The van der Waals surface area contributed by atoms with Crippen LogP contribution in [0.3, 0.4) is 0 Å². The lowest BCUT2D eigenvalue weighted by Crippen LogP contribution is -2.41. The van der Waals surface area contributed by atoms with Crippen LogP contribution in [-0.4, -0.2) is 50.5 Å². The number of benzene rings is 1. The van der Waals surface area contributed by atoms with Gasteiger partial charge in [0.2, 0.25) is 0 Å². The fourth-order valence-electron chi connectivity index (χ4n) is 3.80. The van der Waals surface area contributed by atoms with Gasteiger partial charge in [0.25, 0.3) is 0 Å². The molecule has 3 rings (SSSR count). The molecular formula is C18H24N2O3S. The molecule has 2 heterocycles. The summed E-state index contributed by atoms with van der Waals surface area (Å²) in [4.78, 5) is 14.1. The van der Waals surface area contributed by atoms with Crippen LogP contribution in [0.15, 0.2) is 30.8 Å². The van der Waals surface area contributed by atoms with Crippen LogP contribution in [0.4, 0.5) is 4.79 Å². The van der Waals surface area contributed by atoms with Crippen molar-refractivity contribution < 1.29 is 13.2 Å². The minimum Gasteiger partial charge on any atom is -0.338 e. The summed E-state index contributed by atoms with van der Waals surface area (Å²) in [6, 6.07) is 8.00. The van der Waals surface area contributed by atoms with E-state index < -0.39 is 9.84 Å². The fraction of sp³-hybridized carbons (Fsp3) is 0.500. The Kier molecular flexibility index (Phi) is 4.42. The number of sulfone groups is 1. The van der Waals surface area contributed by atoms with Gasteiger partial charge in [-0.2, -0.15) is 0 Å². The average Bonchev–Trinajstić information content (AvgIpc) is 2.94. The Labute approximate surface area is 143 Å². The van der Waals surface area contributed by atoms with Crippen LogP contribution in [0, 0.1) is 11.3 Å². The molecule has 0 spiro atoms. The summed E-state index contributed by atoms with van der Waals surface area (Å²) in [5.41, 5.74) is 1.96. The van der Waals surface area contributed by atoms with Crippen LogP contribution in [-0.2, 0) is 16.3 Å². The van der Waals surface area contributed by atoms with Gasteiger partial charge in [-0.1, -0.05) is 43.8 Å². The Bertz CT molecular complexity index is 742. The van der Waals surface area contributed by atoms with Crippen molar-refractivity contribution in [2.75, 3.05) is 31.1 Å². The van der Waals surface area contributed by atoms with Gasteiger partial charge in [0, 0.05) is 25.0 Å². The Morgan fingerprint density at radius 2 is 2.12 bits per heavy atom. The van der Waals surface area contributed by atoms with Crippen molar-refractivity contribution in [2.45, 2.75) is 13.3 Å². The van der Waals surface area contributed by atoms with Gasteiger partial charge >= 0.3 is 6.03 Å². The van der Waals surface area contributed by atoms with E-state index in [2.05, 4.69) is 11.9 Å². The van der Waals surface area contributed by atoms with E-state index in [1.54, 1.807) is 11.0 Å². The molecule has 2 fully saturated rings. The third kappa shape index (κ3) is 3.48. The molecule has 0 radical (unpaired) electrons. The maximum absolute atomic E-state index is 12.3. The Morgan fingerprint density at radius 1 is 1.42 bits per heavy atom. The number of hydrogen-bond donors (Lipinski definition) is 1. The zero-order chi connectivity index (χ0) is 17.4. The van der Waals surface area contributed by atoms with Gasteiger partial charge in [-0.25, -0.2) is 13.2 Å². The fourth-order valence-corrected chi connectivity index (χ4v) is 6.37. The minimum atomic E-state index is -2.94. The molecule has 2 aliphatic heterocycles. The third-order valence-electron chi connectivity index (χ3n) is 5.18. The predicted molar refractivity (Wildman–Crippen MR) is 95.5 cm³/mol. The molecule has 2 amide bonds. The summed E-state index contributed by atoms with van der Waals surface area (Å²) in [6.45, 7) is 7.34. The van der Waals surface area contributed by atoms with E-state index in [0.29, 0.717) is 19.6 Å². The first-order chi connectivity index (χ1) is 11.3. The SMILES string of the molecule is C=Cc1ccc(CCNC(=O)N2C[C@H]3CS(=O)(=O)C[C@@]3(C)C2)cc1. The normalized spacial score (nSPS) is 27.7. The second kappa shape index (κ2) is 6.24. The van der Waals surface area contributed by atoms with Crippen LogP contribution in [0.1, 0.15) is 18.1 Å². The van der Waals surface area contributed by atoms with Gasteiger partial charge in [-0.15, -0.1) is 0 Å². The summed E-state index contributed by atoms with van der Waals surface area (Å²) in [6.07, 6.45) is 2.57. The molecule has 6 heteroatoms. The zero-order valence-corrected chi connectivity index (χ0v) is 14.8. The highest BCUT2D eigenvalue weighted by Gasteiger charge is 2.53. The quantitative estimate of drug-likeness (QED) is 0.904. The number of amides is 2. The Balaban J connectivity index is 1.49. The van der Waals surface area contributed by atoms with Crippen molar-refractivity contribution in [3.63, 3.8) is 0 Å². The van der Waals surface area contributed by atoms with Crippen LogP contribution < -0.4 is 5.32 Å². The predicted octanol–water partition coefficient (Wildman–Crippen LogP) is 1.95. The molecule has 1 aromatic carbocycles. The zero-order valence-electron chi connectivity index (χ0n) is 14.0. The van der Waals surface area contributed by atoms with Gasteiger partial charge in [0.05, 0.1) is 11.5 Å². The van der Waals surface area contributed by atoms with Gasteiger partial charge in [0.1, 0.15) is 0 Å². The summed E-state index contributed by atoms with van der Waals surface area (Å²) in [5.74, 6) is 0.479. The van der Waals surface area contributed by atoms with Crippen LogP contribution in [0.2, 0.25) is 0 Å². The first kappa shape index (κ1) is 17.0. The number of fused-ring (bicyclic) bond motifs is 1. The topological polar surface area (TPSA) is 66.5 Å². The molecule has 2 saturated heterocycles. The second-order valence-corrected chi connectivity index (χ2v) is 9.32. The standard InChI is InChI=1S/C18H24N2O3S/c1-3-14-4-6-15(7-5-14)8-9-19-17(21)20-10-16-11-24(22,23)13-18(16,2)12-20/h3-7,16H,1,8-13H2,2H3,(H,19,21)/t16-,18+/m0/s1. The number of nitrogens with one attached hydrogen (secondary N) is 1. The van der Waals surface area contributed by atoms with Crippen molar-refractivity contribution in [3.05, 3.63) is 42.0 Å². The van der Waals surface area contributed by atoms with Crippen molar-refractivity contribution >= 4 is 21.9 Å². The lowest BCUT2D eigenvalue weighted by molar-refractivity contribution is 0.203. The number of likely N-dealkylation sites (tertiary alicyclic amines) is 1. The molecule has 0 saturated carbocycles.